The van der Waals surface area contributed by atoms with Gasteiger partial charge in [0.25, 0.3) is 0 Å². The SMILES string of the molecule is CCCCC1CCC(=O)C1=C(C)OCC. The minimum absolute atomic E-state index is 0.307. The second-order valence-corrected chi connectivity index (χ2v) is 4.20. The Morgan fingerprint density at radius 3 is 2.80 bits per heavy atom. The number of ketones is 1. The molecule has 0 N–H and O–H groups in total. The number of ether oxygens (including phenoxy) is 1. The normalized spacial score (nSPS) is 24.5. The van der Waals surface area contributed by atoms with Crippen molar-refractivity contribution in [2.45, 2.75) is 52.9 Å². The fraction of sp³-hybridized carbons (Fsp3) is 0.769. The van der Waals surface area contributed by atoms with E-state index in [0.717, 1.165) is 24.2 Å². The summed E-state index contributed by atoms with van der Waals surface area (Å²) in [5.41, 5.74) is 0.977. The van der Waals surface area contributed by atoms with Gasteiger partial charge in [0.2, 0.25) is 0 Å². The van der Waals surface area contributed by atoms with Crippen LogP contribution < -0.4 is 0 Å². The molecular formula is C13H22O2. The second kappa shape index (κ2) is 5.94. The maximum Gasteiger partial charge on any atom is 0.162 e. The van der Waals surface area contributed by atoms with Crippen molar-refractivity contribution in [2.24, 2.45) is 5.92 Å². The molecule has 1 unspecified atom stereocenters. The lowest BCUT2D eigenvalue weighted by Crippen LogP contribution is -2.06. The Balaban J connectivity index is 2.71. The third-order valence-corrected chi connectivity index (χ3v) is 3.07. The molecule has 0 radical (unpaired) electrons. The Morgan fingerprint density at radius 1 is 1.47 bits per heavy atom. The lowest BCUT2D eigenvalue weighted by Gasteiger charge is -2.13. The quantitative estimate of drug-likeness (QED) is 0.513. The van der Waals surface area contributed by atoms with Gasteiger partial charge in [-0.1, -0.05) is 19.8 Å². The summed E-state index contributed by atoms with van der Waals surface area (Å²) in [7, 11) is 0. The van der Waals surface area contributed by atoms with Crippen LogP contribution in [0, 0.1) is 5.92 Å². The van der Waals surface area contributed by atoms with E-state index in [1.54, 1.807) is 0 Å². The first-order valence-corrected chi connectivity index (χ1v) is 6.07. The van der Waals surface area contributed by atoms with Crippen LogP contribution in [-0.2, 0) is 9.53 Å². The molecule has 0 aromatic carbocycles. The summed E-state index contributed by atoms with van der Waals surface area (Å²) in [6, 6.07) is 0. The predicted molar refractivity (Wildman–Crippen MR) is 61.6 cm³/mol. The highest BCUT2D eigenvalue weighted by molar-refractivity contribution is 5.98. The molecule has 0 bridgehead atoms. The number of unbranched alkanes of at least 4 members (excludes halogenated alkanes) is 1. The van der Waals surface area contributed by atoms with Gasteiger partial charge in [0.15, 0.2) is 5.78 Å². The number of rotatable bonds is 5. The molecule has 2 heteroatoms. The first-order chi connectivity index (χ1) is 7.20. The zero-order valence-electron chi connectivity index (χ0n) is 10.1. The van der Waals surface area contributed by atoms with E-state index in [1.807, 2.05) is 13.8 Å². The predicted octanol–water partition coefficient (Wildman–Crippen LogP) is 3.47. The van der Waals surface area contributed by atoms with E-state index in [0.29, 0.717) is 24.7 Å². The van der Waals surface area contributed by atoms with Crippen LogP contribution in [0.3, 0.4) is 0 Å². The van der Waals surface area contributed by atoms with Gasteiger partial charge in [-0.3, -0.25) is 4.79 Å². The third kappa shape index (κ3) is 3.08. The van der Waals surface area contributed by atoms with E-state index < -0.39 is 0 Å². The summed E-state index contributed by atoms with van der Waals surface area (Å²) in [6.45, 7) is 6.74. The molecule has 1 saturated carbocycles. The minimum atomic E-state index is 0.307. The monoisotopic (exact) mass is 210 g/mol. The van der Waals surface area contributed by atoms with Gasteiger partial charge < -0.3 is 4.74 Å². The molecule has 1 aliphatic carbocycles. The van der Waals surface area contributed by atoms with Gasteiger partial charge in [-0.05, 0) is 32.6 Å². The van der Waals surface area contributed by atoms with Crippen molar-refractivity contribution in [1.82, 2.24) is 0 Å². The molecule has 1 fully saturated rings. The summed E-state index contributed by atoms with van der Waals surface area (Å²) in [6.07, 6.45) is 5.29. The van der Waals surface area contributed by atoms with Crippen LogP contribution in [-0.4, -0.2) is 12.4 Å². The Morgan fingerprint density at radius 2 is 2.20 bits per heavy atom. The highest BCUT2D eigenvalue weighted by Crippen LogP contribution is 2.34. The van der Waals surface area contributed by atoms with E-state index >= 15 is 0 Å². The lowest BCUT2D eigenvalue weighted by atomic mass is 9.95. The molecule has 0 aromatic heterocycles. The molecule has 15 heavy (non-hydrogen) atoms. The maximum atomic E-state index is 11.7. The van der Waals surface area contributed by atoms with Crippen LogP contribution in [0.5, 0.6) is 0 Å². The van der Waals surface area contributed by atoms with Gasteiger partial charge in [-0.15, -0.1) is 0 Å². The molecule has 0 saturated heterocycles. The third-order valence-electron chi connectivity index (χ3n) is 3.07. The highest BCUT2D eigenvalue weighted by atomic mass is 16.5. The largest absolute Gasteiger partial charge is 0.498 e. The van der Waals surface area contributed by atoms with E-state index in [9.17, 15) is 4.79 Å². The maximum absolute atomic E-state index is 11.7. The summed E-state index contributed by atoms with van der Waals surface area (Å²) >= 11 is 0. The van der Waals surface area contributed by atoms with Crippen LogP contribution in [0.25, 0.3) is 0 Å². The zero-order valence-corrected chi connectivity index (χ0v) is 10.1. The summed E-state index contributed by atoms with van der Waals surface area (Å²) in [4.78, 5) is 11.7. The van der Waals surface area contributed by atoms with Crippen molar-refractivity contribution >= 4 is 5.78 Å². The van der Waals surface area contributed by atoms with E-state index in [1.165, 1.54) is 12.8 Å². The molecule has 0 amide bonds. The molecule has 0 aromatic rings. The molecule has 1 rings (SSSR count). The molecule has 0 spiro atoms. The fourth-order valence-corrected chi connectivity index (χ4v) is 2.33. The van der Waals surface area contributed by atoms with Crippen LogP contribution >= 0.6 is 0 Å². The van der Waals surface area contributed by atoms with E-state index in [-0.39, 0.29) is 0 Å². The van der Waals surface area contributed by atoms with Gasteiger partial charge >= 0.3 is 0 Å². The Bertz CT molecular complexity index is 253. The number of allylic oxidation sites excluding steroid dienone is 2. The van der Waals surface area contributed by atoms with Crippen molar-refractivity contribution in [1.29, 1.82) is 0 Å². The van der Waals surface area contributed by atoms with Crippen molar-refractivity contribution in [3.8, 4) is 0 Å². The van der Waals surface area contributed by atoms with Crippen LogP contribution in [0.15, 0.2) is 11.3 Å². The number of carbonyl (C=O) groups is 1. The van der Waals surface area contributed by atoms with Crippen LogP contribution in [0.1, 0.15) is 52.9 Å². The van der Waals surface area contributed by atoms with Crippen LogP contribution in [0.4, 0.5) is 0 Å². The smallest absolute Gasteiger partial charge is 0.162 e. The van der Waals surface area contributed by atoms with E-state index in [4.69, 9.17) is 4.74 Å². The first kappa shape index (κ1) is 12.3. The molecule has 1 aliphatic rings. The van der Waals surface area contributed by atoms with Crippen LogP contribution in [0.2, 0.25) is 0 Å². The van der Waals surface area contributed by atoms with Gasteiger partial charge in [0.05, 0.1) is 12.4 Å². The summed E-state index contributed by atoms with van der Waals surface area (Å²) in [5.74, 6) is 1.63. The van der Waals surface area contributed by atoms with Crippen molar-refractivity contribution < 1.29 is 9.53 Å². The number of Topliss-reactive ketones (excluding diaryl/α,β-unsaturated/α-hetero) is 1. The van der Waals surface area contributed by atoms with Crippen molar-refractivity contribution in [3.63, 3.8) is 0 Å². The second-order valence-electron chi connectivity index (χ2n) is 4.20. The topological polar surface area (TPSA) is 26.3 Å². The fourth-order valence-electron chi connectivity index (χ4n) is 2.33. The van der Waals surface area contributed by atoms with Gasteiger partial charge in [-0.25, -0.2) is 0 Å². The molecule has 0 aliphatic heterocycles. The lowest BCUT2D eigenvalue weighted by molar-refractivity contribution is -0.114. The van der Waals surface area contributed by atoms with Gasteiger partial charge in [-0.2, -0.15) is 0 Å². The highest BCUT2D eigenvalue weighted by Gasteiger charge is 2.30. The van der Waals surface area contributed by atoms with E-state index in [2.05, 4.69) is 6.92 Å². The number of carbonyl (C=O) groups excluding carboxylic acids is 1. The standard InChI is InChI=1S/C13H22O2/c1-4-6-7-11-8-9-12(14)13(11)10(3)15-5-2/h11H,4-9H2,1-3H3. The van der Waals surface area contributed by atoms with Crippen molar-refractivity contribution in [3.05, 3.63) is 11.3 Å². The zero-order chi connectivity index (χ0) is 11.3. The van der Waals surface area contributed by atoms with Crippen molar-refractivity contribution in [2.75, 3.05) is 6.61 Å². The molecule has 0 heterocycles. The average Bonchev–Trinajstić information content (AvgIpc) is 2.57. The van der Waals surface area contributed by atoms with Gasteiger partial charge in [0.1, 0.15) is 0 Å². The number of hydrogen-bond acceptors (Lipinski definition) is 2. The Kier molecular flexibility index (Phi) is 4.86. The number of hydrogen-bond donors (Lipinski definition) is 0. The molecular weight excluding hydrogens is 188 g/mol. The van der Waals surface area contributed by atoms with Gasteiger partial charge in [0, 0.05) is 12.0 Å². The first-order valence-electron chi connectivity index (χ1n) is 6.07. The Labute approximate surface area is 92.7 Å². The molecule has 1 atom stereocenters. The minimum Gasteiger partial charge on any atom is -0.498 e. The Hall–Kier alpha value is -0.790. The summed E-state index contributed by atoms with van der Waals surface area (Å²) < 4.78 is 5.47. The molecule has 86 valence electrons. The molecule has 2 nitrogen and oxygen atoms in total. The summed E-state index contributed by atoms with van der Waals surface area (Å²) in [5, 5.41) is 0. The average molecular weight is 210 g/mol.